The van der Waals surface area contributed by atoms with Crippen molar-refractivity contribution < 1.29 is 14.7 Å². The highest BCUT2D eigenvalue weighted by molar-refractivity contribution is 5.75. The molecule has 0 bridgehead atoms. The quantitative estimate of drug-likeness (QED) is 0.702. The Morgan fingerprint density at radius 3 is 2.22 bits per heavy atom. The maximum atomic E-state index is 11.3. The lowest BCUT2D eigenvalue weighted by Gasteiger charge is -2.30. The summed E-state index contributed by atoms with van der Waals surface area (Å²) in [4.78, 5) is 22.0. The second-order valence-electron chi connectivity index (χ2n) is 5.88. The molecule has 0 aromatic carbocycles. The van der Waals surface area contributed by atoms with Crippen LogP contribution in [0.15, 0.2) is 0 Å². The first-order chi connectivity index (χ1) is 8.27. The van der Waals surface area contributed by atoms with Gasteiger partial charge in [0.25, 0.3) is 0 Å². The van der Waals surface area contributed by atoms with Crippen LogP contribution in [-0.4, -0.2) is 23.5 Å². The highest BCUT2D eigenvalue weighted by Crippen LogP contribution is 2.32. The lowest BCUT2D eigenvalue weighted by Crippen LogP contribution is -2.29. The maximum absolute atomic E-state index is 11.3. The van der Waals surface area contributed by atoms with E-state index < -0.39 is 5.97 Å². The molecule has 1 amide bonds. The Kier molecular flexibility index (Phi) is 7.64. The molecule has 0 heterocycles. The Labute approximate surface area is 110 Å². The molecule has 0 saturated heterocycles. The summed E-state index contributed by atoms with van der Waals surface area (Å²) in [6, 6.07) is 0. The van der Waals surface area contributed by atoms with Crippen LogP contribution in [0.4, 0.5) is 0 Å². The molecule has 0 rings (SSSR count). The molecule has 1 unspecified atom stereocenters. The first-order valence-electron chi connectivity index (χ1n) is 6.75. The summed E-state index contributed by atoms with van der Waals surface area (Å²) < 4.78 is 0. The Morgan fingerprint density at radius 1 is 1.17 bits per heavy atom. The van der Waals surface area contributed by atoms with Gasteiger partial charge in [-0.25, -0.2) is 0 Å². The fraction of sp³-hybridized carbons (Fsp3) is 0.857. The molecule has 1 atom stereocenters. The van der Waals surface area contributed by atoms with E-state index in [-0.39, 0.29) is 17.7 Å². The fourth-order valence-corrected chi connectivity index (χ4v) is 2.01. The van der Waals surface area contributed by atoms with Gasteiger partial charge in [0.2, 0.25) is 5.91 Å². The molecule has 0 radical (unpaired) electrons. The van der Waals surface area contributed by atoms with Gasteiger partial charge in [-0.2, -0.15) is 0 Å². The van der Waals surface area contributed by atoms with Gasteiger partial charge in [0.15, 0.2) is 0 Å². The predicted molar refractivity (Wildman–Crippen MR) is 72.3 cm³/mol. The fourth-order valence-electron chi connectivity index (χ4n) is 2.01. The van der Waals surface area contributed by atoms with Gasteiger partial charge in [-0.05, 0) is 30.6 Å². The lowest BCUT2D eigenvalue weighted by atomic mass is 9.76. The molecule has 0 aromatic rings. The third-order valence-electron chi connectivity index (χ3n) is 3.22. The topological polar surface area (TPSA) is 66.4 Å². The second-order valence-corrected chi connectivity index (χ2v) is 5.88. The molecule has 0 spiro atoms. The standard InChI is InChI=1S/C14H27NO3/c1-5-6-12(16)15-10-9-11(14(2,3)4)7-8-13(17)18/h11H,5-10H2,1-4H3,(H,15,16)(H,17,18). The minimum atomic E-state index is -0.751. The van der Waals surface area contributed by atoms with Crippen molar-refractivity contribution in [3.8, 4) is 0 Å². The third-order valence-corrected chi connectivity index (χ3v) is 3.22. The van der Waals surface area contributed by atoms with Crippen LogP contribution < -0.4 is 5.32 Å². The van der Waals surface area contributed by atoms with Crippen LogP contribution in [-0.2, 0) is 9.59 Å². The number of carbonyl (C=O) groups excluding carboxylic acids is 1. The normalized spacial score (nSPS) is 13.1. The first-order valence-corrected chi connectivity index (χ1v) is 6.75. The number of amides is 1. The van der Waals surface area contributed by atoms with Crippen LogP contribution in [0.5, 0.6) is 0 Å². The number of aliphatic carboxylic acids is 1. The van der Waals surface area contributed by atoms with Crippen LogP contribution in [0.3, 0.4) is 0 Å². The van der Waals surface area contributed by atoms with Crippen molar-refractivity contribution in [2.45, 2.75) is 59.8 Å². The predicted octanol–water partition coefficient (Wildman–Crippen LogP) is 2.82. The second kappa shape index (κ2) is 8.11. The van der Waals surface area contributed by atoms with E-state index in [0.717, 1.165) is 12.8 Å². The summed E-state index contributed by atoms with van der Waals surface area (Å²) in [5, 5.41) is 11.6. The summed E-state index contributed by atoms with van der Waals surface area (Å²) in [5.74, 6) is -0.349. The number of nitrogens with one attached hydrogen (secondary N) is 1. The zero-order valence-electron chi connectivity index (χ0n) is 12.1. The number of carboxylic acid groups (broad SMARTS) is 1. The van der Waals surface area contributed by atoms with E-state index in [1.54, 1.807) is 0 Å². The van der Waals surface area contributed by atoms with Gasteiger partial charge in [-0.1, -0.05) is 27.7 Å². The molecule has 2 N–H and O–H groups in total. The lowest BCUT2D eigenvalue weighted by molar-refractivity contribution is -0.137. The third kappa shape index (κ3) is 8.09. The van der Waals surface area contributed by atoms with Gasteiger partial charge in [0, 0.05) is 19.4 Å². The molecule has 0 aliphatic rings. The summed E-state index contributed by atoms with van der Waals surface area (Å²) in [6.07, 6.45) is 3.13. The SMILES string of the molecule is CCCC(=O)NCCC(CCC(=O)O)C(C)(C)C. The smallest absolute Gasteiger partial charge is 0.303 e. The average molecular weight is 257 g/mol. The van der Waals surface area contributed by atoms with Gasteiger partial charge in [-0.3, -0.25) is 9.59 Å². The van der Waals surface area contributed by atoms with Crippen molar-refractivity contribution in [2.75, 3.05) is 6.54 Å². The molecule has 4 nitrogen and oxygen atoms in total. The zero-order chi connectivity index (χ0) is 14.2. The monoisotopic (exact) mass is 257 g/mol. The molecule has 0 aromatic heterocycles. The molecular weight excluding hydrogens is 230 g/mol. The largest absolute Gasteiger partial charge is 0.481 e. The van der Waals surface area contributed by atoms with Gasteiger partial charge < -0.3 is 10.4 Å². The maximum Gasteiger partial charge on any atom is 0.303 e. The van der Waals surface area contributed by atoms with Gasteiger partial charge in [-0.15, -0.1) is 0 Å². The van der Waals surface area contributed by atoms with E-state index in [0.29, 0.717) is 25.3 Å². The van der Waals surface area contributed by atoms with Crippen molar-refractivity contribution in [1.82, 2.24) is 5.32 Å². The molecule has 4 heteroatoms. The van der Waals surface area contributed by atoms with Gasteiger partial charge >= 0.3 is 5.97 Å². The molecule has 0 aliphatic heterocycles. The summed E-state index contributed by atoms with van der Waals surface area (Å²) in [5.41, 5.74) is 0.0743. The van der Waals surface area contributed by atoms with E-state index in [4.69, 9.17) is 5.11 Å². The van der Waals surface area contributed by atoms with Crippen LogP contribution in [0.1, 0.15) is 59.8 Å². The van der Waals surface area contributed by atoms with Crippen LogP contribution >= 0.6 is 0 Å². The molecule has 0 fully saturated rings. The molecule has 0 saturated carbocycles. The highest BCUT2D eigenvalue weighted by Gasteiger charge is 2.24. The molecule has 106 valence electrons. The van der Waals surface area contributed by atoms with E-state index in [1.807, 2.05) is 6.92 Å². The Morgan fingerprint density at radius 2 is 1.78 bits per heavy atom. The Balaban J connectivity index is 4.10. The van der Waals surface area contributed by atoms with Crippen molar-refractivity contribution in [3.63, 3.8) is 0 Å². The number of hydrogen-bond acceptors (Lipinski definition) is 2. The minimum absolute atomic E-state index is 0.0743. The Hall–Kier alpha value is -1.06. The van der Waals surface area contributed by atoms with Crippen molar-refractivity contribution in [1.29, 1.82) is 0 Å². The van der Waals surface area contributed by atoms with Crippen LogP contribution in [0.25, 0.3) is 0 Å². The van der Waals surface area contributed by atoms with Gasteiger partial charge in [0.1, 0.15) is 0 Å². The minimum Gasteiger partial charge on any atom is -0.481 e. The van der Waals surface area contributed by atoms with Crippen molar-refractivity contribution in [3.05, 3.63) is 0 Å². The van der Waals surface area contributed by atoms with E-state index >= 15 is 0 Å². The number of carbonyl (C=O) groups is 2. The van der Waals surface area contributed by atoms with Gasteiger partial charge in [0.05, 0.1) is 0 Å². The van der Waals surface area contributed by atoms with E-state index in [2.05, 4.69) is 26.1 Å². The van der Waals surface area contributed by atoms with Crippen LogP contribution in [0.2, 0.25) is 0 Å². The molecule has 18 heavy (non-hydrogen) atoms. The van der Waals surface area contributed by atoms with E-state index in [1.165, 1.54) is 0 Å². The first kappa shape index (κ1) is 16.9. The highest BCUT2D eigenvalue weighted by atomic mass is 16.4. The Bertz CT molecular complexity index is 269. The van der Waals surface area contributed by atoms with Crippen molar-refractivity contribution in [2.24, 2.45) is 11.3 Å². The van der Waals surface area contributed by atoms with Crippen molar-refractivity contribution >= 4 is 11.9 Å². The molecular formula is C14H27NO3. The number of rotatable bonds is 8. The summed E-state index contributed by atoms with van der Waals surface area (Å²) in [6.45, 7) is 8.97. The number of hydrogen-bond donors (Lipinski definition) is 2. The summed E-state index contributed by atoms with van der Waals surface area (Å²) >= 11 is 0. The van der Waals surface area contributed by atoms with E-state index in [9.17, 15) is 9.59 Å². The average Bonchev–Trinajstić information content (AvgIpc) is 2.21. The van der Waals surface area contributed by atoms with Crippen LogP contribution in [0, 0.1) is 11.3 Å². The number of carboxylic acids is 1. The molecule has 0 aliphatic carbocycles. The zero-order valence-corrected chi connectivity index (χ0v) is 12.1. The summed E-state index contributed by atoms with van der Waals surface area (Å²) in [7, 11) is 0.